The Morgan fingerprint density at radius 3 is 2.95 bits per heavy atom. The molecule has 1 aliphatic rings. The van der Waals surface area contributed by atoms with E-state index >= 15 is 0 Å². The molecule has 2 N–H and O–H groups in total. The molecule has 1 fully saturated rings. The Bertz CT molecular complexity index is 353. The number of thioether (sulfide) groups is 2. The average molecular weight is 318 g/mol. The zero-order valence-electron chi connectivity index (χ0n) is 11.7. The first-order valence-corrected chi connectivity index (χ1v) is 8.91. The minimum Gasteiger partial charge on any atom is -0.480 e. The number of carboxylic acids is 1. The summed E-state index contributed by atoms with van der Waals surface area (Å²) in [6.45, 7) is 6.22. The molecule has 1 aliphatic heterocycles. The van der Waals surface area contributed by atoms with E-state index in [9.17, 15) is 14.7 Å². The first-order valence-electron chi connectivity index (χ1n) is 6.71. The molecule has 0 saturated carbocycles. The van der Waals surface area contributed by atoms with Gasteiger partial charge in [0.05, 0.1) is 5.37 Å². The van der Waals surface area contributed by atoms with Gasteiger partial charge in [0.15, 0.2) is 0 Å². The summed E-state index contributed by atoms with van der Waals surface area (Å²) < 4.78 is 0. The van der Waals surface area contributed by atoms with Crippen molar-refractivity contribution in [3.63, 3.8) is 0 Å². The molecule has 2 unspecified atom stereocenters. The fourth-order valence-corrected chi connectivity index (χ4v) is 4.08. The molecule has 0 aromatic rings. The van der Waals surface area contributed by atoms with Crippen LogP contribution in [0.25, 0.3) is 0 Å². The second kappa shape index (κ2) is 9.18. The van der Waals surface area contributed by atoms with Crippen LogP contribution in [0.1, 0.15) is 19.8 Å². The van der Waals surface area contributed by atoms with E-state index in [1.165, 1.54) is 4.90 Å². The van der Waals surface area contributed by atoms with Crippen molar-refractivity contribution in [1.29, 1.82) is 0 Å². The molecular formula is C13H22N2O3S2. The van der Waals surface area contributed by atoms with Crippen LogP contribution in [0.15, 0.2) is 12.7 Å². The molecule has 0 radical (unpaired) electrons. The quantitative estimate of drug-likeness (QED) is 0.530. The van der Waals surface area contributed by atoms with Crippen molar-refractivity contribution in [3.05, 3.63) is 12.7 Å². The minimum absolute atomic E-state index is 0.0260. The van der Waals surface area contributed by atoms with Gasteiger partial charge in [0.25, 0.3) is 0 Å². The lowest BCUT2D eigenvalue weighted by atomic mass is 10.2. The van der Waals surface area contributed by atoms with Gasteiger partial charge in [-0.15, -0.1) is 18.3 Å². The maximum absolute atomic E-state index is 12.2. The van der Waals surface area contributed by atoms with Crippen molar-refractivity contribution < 1.29 is 14.7 Å². The maximum atomic E-state index is 12.2. The van der Waals surface area contributed by atoms with Gasteiger partial charge in [-0.05, 0) is 6.42 Å². The van der Waals surface area contributed by atoms with Crippen LogP contribution in [0, 0.1) is 0 Å². The van der Waals surface area contributed by atoms with E-state index in [2.05, 4.69) is 11.9 Å². The third-order valence-electron chi connectivity index (χ3n) is 2.91. The van der Waals surface area contributed by atoms with Gasteiger partial charge in [0.1, 0.15) is 6.04 Å². The highest BCUT2D eigenvalue weighted by Crippen LogP contribution is 2.32. The van der Waals surface area contributed by atoms with Crippen molar-refractivity contribution in [3.8, 4) is 0 Å². The molecule has 0 aliphatic carbocycles. The zero-order chi connectivity index (χ0) is 15.0. The van der Waals surface area contributed by atoms with E-state index in [4.69, 9.17) is 0 Å². The van der Waals surface area contributed by atoms with Crippen LogP contribution >= 0.6 is 23.5 Å². The Hall–Kier alpha value is -0.820. The van der Waals surface area contributed by atoms with Gasteiger partial charge in [-0.3, -0.25) is 4.90 Å². The molecule has 114 valence electrons. The lowest BCUT2D eigenvalue weighted by molar-refractivity contribution is -0.141. The van der Waals surface area contributed by atoms with Crippen LogP contribution < -0.4 is 5.32 Å². The first kappa shape index (κ1) is 17.2. The molecule has 0 spiro atoms. The lowest BCUT2D eigenvalue weighted by Crippen LogP contribution is -2.50. The fourth-order valence-electron chi connectivity index (χ4n) is 1.98. The summed E-state index contributed by atoms with van der Waals surface area (Å²) in [7, 11) is 0. The van der Waals surface area contributed by atoms with Gasteiger partial charge in [0, 0.05) is 23.8 Å². The molecule has 2 amide bonds. The Kier molecular flexibility index (Phi) is 7.91. The number of amides is 2. The molecule has 0 aromatic carbocycles. The van der Waals surface area contributed by atoms with E-state index in [1.807, 2.05) is 13.0 Å². The second-order valence-corrected chi connectivity index (χ2v) is 6.79. The minimum atomic E-state index is -0.924. The van der Waals surface area contributed by atoms with Gasteiger partial charge in [-0.2, -0.15) is 11.8 Å². The van der Waals surface area contributed by atoms with Crippen LogP contribution in [0.4, 0.5) is 4.79 Å². The van der Waals surface area contributed by atoms with Crippen LogP contribution in [0.2, 0.25) is 0 Å². The second-order valence-electron chi connectivity index (χ2n) is 4.43. The maximum Gasteiger partial charge on any atom is 0.327 e. The number of hydrogen-bond acceptors (Lipinski definition) is 4. The molecular weight excluding hydrogens is 296 g/mol. The Labute approximate surface area is 128 Å². The Morgan fingerprint density at radius 2 is 2.35 bits per heavy atom. The summed E-state index contributed by atoms with van der Waals surface area (Å²) >= 11 is 3.24. The zero-order valence-corrected chi connectivity index (χ0v) is 13.3. The van der Waals surface area contributed by atoms with Gasteiger partial charge in [0.2, 0.25) is 0 Å². The molecule has 1 saturated heterocycles. The van der Waals surface area contributed by atoms with E-state index in [-0.39, 0.29) is 11.4 Å². The van der Waals surface area contributed by atoms with Crippen molar-refractivity contribution in [2.75, 3.05) is 23.8 Å². The monoisotopic (exact) mass is 318 g/mol. The highest BCUT2D eigenvalue weighted by atomic mass is 32.2. The highest BCUT2D eigenvalue weighted by molar-refractivity contribution is 8.00. The number of hydrogen-bond donors (Lipinski definition) is 2. The van der Waals surface area contributed by atoms with Gasteiger partial charge in [-0.1, -0.05) is 19.4 Å². The molecule has 1 rings (SSSR count). The molecule has 5 nitrogen and oxygen atoms in total. The van der Waals surface area contributed by atoms with Crippen LogP contribution in [0.5, 0.6) is 0 Å². The summed E-state index contributed by atoms with van der Waals surface area (Å²) in [5, 5.41) is 12.0. The average Bonchev–Trinajstić information content (AvgIpc) is 2.83. The summed E-state index contributed by atoms with van der Waals surface area (Å²) in [6, 6.07) is -0.975. The number of carbonyl (C=O) groups is 2. The third-order valence-corrected chi connectivity index (χ3v) is 5.23. The molecule has 20 heavy (non-hydrogen) atoms. The SMILES string of the molecule is C=CCSCCNC(=O)N1C(CCC)SCC1C(=O)O. The molecule has 1 heterocycles. The summed E-state index contributed by atoms with van der Waals surface area (Å²) in [5.74, 6) is 1.20. The number of urea groups is 1. The van der Waals surface area contributed by atoms with Crippen molar-refractivity contribution in [2.45, 2.75) is 31.2 Å². The van der Waals surface area contributed by atoms with Gasteiger partial charge >= 0.3 is 12.0 Å². The lowest BCUT2D eigenvalue weighted by Gasteiger charge is -2.27. The number of aliphatic carboxylic acids is 1. The van der Waals surface area contributed by atoms with Crippen LogP contribution in [-0.2, 0) is 4.79 Å². The topological polar surface area (TPSA) is 69.6 Å². The number of carboxylic acid groups (broad SMARTS) is 1. The van der Waals surface area contributed by atoms with Crippen molar-refractivity contribution in [2.24, 2.45) is 0 Å². The smallest absolute Gasteiger partial charge is 0.327 e. The Morgan fingerprint density at radius 1 is 1.60 bits per heavy atom. The largest absolute Gasteiger partial charge is 0.480 e. The highest BCUT2D eigenvalue weighted by Gasteiger charge is 2.40. The third kappa shape index (κ3) is 4.94. The number of rotatable bonds is 8. The molecule has 0 aromatic heterocycles. The first-order chi connectivity index (χ1) is 9.61. The van der Waals surface area contributed by atoms with E-state index in [0.29, 0.717) is 12.3 Å². The van der Waals surface area contributed by atoms with E-state index < -0.39 is 12.0 Å². The van der Waals surface area contributed by atoms with Crippen LogP contribution in [0.3, 0.4) is 0 Å². The number of nitrogens with one attached hydrogen (secondary N) is 1. The van der Waals surface area contributed by atoms with E-state index in [1.54, 1.807) is 23.5 Å². The molecule has 7 heteroatoms. The predicted molar refractivity (Wildman–Crippen MR) is 85.3 cm³/mol. The molecule has 2 atom stereocenters. The normalized spacial score (nSPS) is 21.8. The summed E-state index contributed by atoms with van der Waals surface area (Å²) in [6.07, 6.45) is 3.58. The molecule has 0 bridgehead atoms. The van der Waals surface area contributed by atoms with Gasteiger partial charge < -0.3 is 10.4 Å². The summed E-state index contributed by atoms with van der Waals surface area (Å²) in [4.78, 5) is 24.9. The standard InChI is InChI=1S/C13H22N2O3S2/c1-3-5-11-15(10(9-20-11)12(16)17)13(18)14-6-8-19-7-4-2/h4,10-11H,2-3,5-9H2,1H3,(H,14,18)(H,16,17). The Balaban J connectivity index is 2.50. The fraction of sp³-hybridized carbons (Fsp3) is 0.692. The van der Waals surface area contributed by atoms with Gasteiger partial charge in [-0.25, -0.2) is 9.59 Å². The van der Waals surface area contributed by atoms with Crippen LogP contribution in [-0.4, -0.2) is 57.2 Å². The number of carbonyl (C=O) groups excluding carboxylic acids is 1. The predicted octanol–water partition coefficient (Wildman–Crippen LogP) is 2.24. The van der Waals surface area contributed by atoms with Crippen molar-refractivity contribution in [1.82, 2.24) is 10.2 Å². The number of nitrogens with zero attached hydrogens (tertiary/aromatic N) is 1. The van der Waals surface area contributed by atoms with E-state index in [0.717, 1.165) is 24.3 Å². The van der Waals surface area contributed by atoms with Crippen molar-refractivity contribution >= 4 is 35.5 Å². The summed E-state index contributed by atoms with van der Waals surface area (Å²) in [5.41, 5.74) is 0.